The molecule has 0 saturated heterocycles. The van der Waals surface area contributed by atoms with E-state index >= 15 is 0 Å². The molecule has 0 radical (unpaired) electrons. The van der Waals surface area contributed by atoms with E-state index in [-0.39, 0.29) is 22.1 Å². The molecule has 1 atom stereocenters. The summed E-state index contributed by atoms with van der Waals surface area (Å²) in [6, 6.07) is 15.6. The highest BCUT2D eigenvalue weighted by Gasteiger charge is 2.08. The summed E-state index contributed by atoms with van der Waals surface area (Å²) >= 11 is 0. The van der Waals surface area contributed by atoms with E-state index in [1.807, 2.05) is 13.0 Å². The van der Waals surface area contributed by atoms with E-state index in [2.05, 4.69) is 5.32 Å². The van der Waals surface area contributed by atoms with Crippen LogP contribution in [0.1, 0.15) is 61.3 Å². The Labute approximate surface area is 249 Å². The molecule has 0 spiro atoms. The molecule has 42 heavy (non-hydrogen) atoms. The van der Waals surface area contributed by atoms with E-state index in [1.54, 1.807) is 24.3 Å². The number of nitrogens with one attached hydrogen (secondary N) is 1. The molecule has 0 aliphatic heterocycles. The molecule has 0 saturated carbocycles. The Kier molecular flexibility index (Phi) is 15.1. The van der Waals surface area contributed by atoms with E-state index in [4.69, 9.17) is 15.6 Å². The Hall–Kier alpha value is -3.35. The number of phenols is 3. The van der Waals surface area contributed by atoms with Crippen molar-refractivity contribution < 1.29 is 33.6 Å². The standard InChI is InChI=1S/C25H37NO5.C6H8N2O2S/c1-19-14-21(9-10-24(19)29)25(30)18-26-11-5-2-3-6-12-31-13-7-4-8-20-15-22(27)17-23(28)16-20;7-5-1-3-6(4-2-5)11(8,9)10/h9-10,14-17,25-30H,2-8,11-13,18H2,1H3;1-4H,7H2,(H2,8,9,10). The van der Waals surface area contributed by atoms with Crippen LogP contribution in [0.3, 0.4) is 0 Å². The van der Waals surface area contributed by atoms with Crippen LogP contribution >= 0.6 is 0 Å². The Morgan fingerprint density at radius 2 is 1.45 bits per heavy atom. The fourth-order valence-corrected chi connectivity index (χ4v) is 4.66. The van der Waals surface area contributed by atoms with Gasteiger partial charge in [0.05, 0.1) is 11.0 Å². The Morgan fingerprint density at radius 1 is 0.833 bits per heavy atom. The summed E-state index contributed by atoms with van der Waals surface area (Å²) in [5, 5.41) is 46.8. The number of nitrogens with two attached hydrogens (primary N) is 2. The smallest absolute Gasteiger partial charge is 0.238 e. The van der Waals surface area contributed by atoms with Gasteiger partial charge in [0.25, 0.3) is 0 Å². The lowest BCUT2D eigenvalue weighted by Crippen LogP contribution is -2.22. The van der Waals surface area contributed by atoms with Crippen molar-refractivity contribution in [1.82, 2.24) is 5.32 Å². The second-order valence-electron chi connectivity index (χ2n) is 10.2. The lowest BCUT2D eigenvalue weighted by Gasteiger charge is -2.13. The fraction of sp³-hybridized carbons (Fsp3) is 0.419. The zero-order valence-corrected chi connectivity index (χ0v) is 25.0. The number of unbranched alkanes of at least 4 members (excludes halogenated alkanes) is 4. The summed E-state index contributed by atoms with van der Waals surface area (Å²) in [6.45, 7) is 4.72. The number of primary sulfonamides is 1. The van der Waals surface area contributed by atoms with Crippen LogP contribution < -0.4 is 16.2 Å². The third-order valence-electron chi connectivity index (χ3n) is 6.51. The van der Waals surface area contributed by atoms with Crippen molar-refractivity contribution >= 4 is 15.7 Å². The molecule has 232 valence electrons. The van der Waals surface area contributed by atoms with Crippen LogP contribution in [0.2, 0.25) is 0 Å². The first-order valence-corrected chi connectivity index (χ1v) is 15.7. The molecule has 0 aromatic heterocycles. The number of ether oxygens (including phenoxy) is 1. The van der Waals surface area contributed by atoms with Crippen molar-refractivity contribution in [2.75, 3.05) is 32.0 Å². The normalized spacial score (nSPS) is 12.0. The second kappa shape index (κ2) is 18.2. The number of sulfonamides is 1. The average Bonchev–Trinajstić information content (AvgIpc) is 2.92. The van der Waals surface area contributed by atoms with Gasteiger partial charge in [-0.05, 0) is 111 Å². The van der Waals surface area contributed by atoms with Gasteiger partial charge >= 0.3 is 0 Å². The summed E-state index contributed by atoms with van der Waals surface area (Å²) in [5.41, 5.74) is 8.38. The summed E-state index contributed by atoms with van der Waals surface area (Å²) in [5.74, 6) is 0.456. The van der Waals surface area contributed by atoms with Crippen LogP contribution in [0.25, 0.3) is 0 Å². The Morgan fingerprint density at radius 3 is 2.07 bits per heavy atom. The van der Waals surface area contributed by atoms with Gasteiger partial charge in [-0.3, -0.25) is 0 Å². The van der Waals surface area contributed by atoms with Crippen molar-refractivity contribution in [2.24, 2.45) is 5.14 Å². The second-order valence-corrected chi connectivity index (χ2v) is 11.8. The zero-order valence-electron chi connectivity index (χ0n) is 24.2. The number of phenolic OH excluding ortho intramolecular Hbond substituents is 3. The number of aromatic hydroxyl groups is 3. The van der Waals surface area contributed by atoms with Crippen molar-refractivity contribution in [1.29, 1.82) is 0 Å². The number of rotatable bonds is 16. The van der Waals surface area contributed by atoms with Gasteiger partial charge in [-0.25, -0.2) is 13.6 Å². The highest BCUT2D eigenvalue weighted by molar-refractivity contribution is 7.89. The number of hydrogen-bond donors (Lipinski definition) is 7. The van der Waals surface area contributed by atoms with Crippen LogP contribution in [-0.4, -0.2) is 55.1 Å². The lowest BCUT2D eigenvalue weighted by atomic mass is 10.1. The first-order valence-electron chi connectivity index (χ1n) is 14.1. The maximum atomic E-state index is 10.7. The van der Waals surface area contributed by atoms with E-state index in [9.17, 15) is 28.8 Å². The third-order valence-corrected chi connectivity index (χ3v) is 7.44. The molecule has 0 fully saturated rings. The lowest BCUT2D eigenvalue weighted by molar-refractivity contribution is 0.126. The maximum Gasteiger partial charge on any atom is 0.238 e. The van der Waals surface area contributed by atoms with Gasteiger partial charge in [0.2, 0.25) is 10.0 Å². The fourth-order valence-electron chi connectivity index (χ4n) is 4.14. The molecule has 0 aliphatic carbocycles. The molecule has 3 aromatic rings. The van der Waals surface area contributed by atoms with Gasteiger partial charge in [0.1, 0.15) is 17.2 Å². The third kappa shape index (κ3) is 14.0. The predicted molar refractivity (Wildman–Crippen MR) is 165 cm³/mol. The van der Waals surface area contributed by atoms with Gasteiger partial charge in [-0.1, -0.05) is 18.9 Å². The van der Waals surface area contributed by atoms with Crippen molar-refractivity contribution in [3.63, 3.8) is 0 Å². The molecular formula is C31H45N3O7S. The van der Waals surface area contributed by atoms with Crippen molar-refractivity contribution in [2.45, 2.75) is 62.9 Å². The number of benzene rings is 3. The minimum Gasteiger partial charge on any atom is -0.508 e. The first-order chi connectivity index (χ1) is 20.0. The summed E-state index contributed by atoms with van der Waals surface area (Å²) < 4.78 is 27.0. The van der Waals surface area contributed by atoms with Crippen LogP contribution in [0.5, 0.6) is 17.2 Å². The highest BCUT2D eigenvalue weighted by atomic mass is 32.2. The van der Waals surface area contributed by atoms with Crippen LogP contribution in [-0.2, 0) is 21.2 Å². The topological polar surface area (TPSA) is 188 Å². The molecule has 0 aliphatic rings. The van der Waals surface area contributed by atoms with Gasteiger partial charge < -0.3 is 36.2 Å². The van der Waals surface area contributed by atoms with E-state index in [0.717, 1.165) is 81.4 Å². The maximum absolute atomic E-state index is 10.7. The molecule has 10 nitrogen and oxygen atoms in total. The first kappa shape index (κ1) is 34.8. The number of anilines is 1. The molecule has 3 aromatic carbocycles. The minimum atomic E-state index is -3.58. The molecule has 1 unspecified atom stereocenters. The summed E-state index contributed by atoms with van der Waals surface area (Å²) in [7, 11) is -3.58. The molecule has 0 heterocycles. The molecule has 0 amide bonds. The zero-order chi connectivity index (χ0) is 31.0. The van der Waals surface area contributed by atoms with Crippen molar-refractivity contribution in [3.05, 3.63) is 77.4 Å². The van der Waals surface area contributed by atoms with E-state index in [0.29, 0.717) is 12.2 Å². The minimum absolute atomic E-state index is 0.0756. The quantitative estimate of drug-likeness (QED) is 0.0927. The van der Waals surface area contributed by atoms with Gasteiger partial charge in [0, 0.05) is 31.5 Å². The van der Waals surface area contributed by atoms with Gasteiger partial charge in [-0.2, -0.15) is 0 Å². The predicted octanol–water partition coefficient (Wildman–Crippen LogP) is 4.25. The SMILES string of the molecule is Cc1cc(C(O)CNCCCCCCOCCCCc2cc(O)cc(O)c2)ccc1O.Nc1ccc(S(N)(=O)=O)cc1. The van der Waals surface area contributed by atoms with E-state index in [1.165, 1.54) is 30.3 Å². The Bertz CT molecular complexity index is 1300. The molecule has 9 N–H and O–H groups in total. The van der Waals surface area contributed by atoms with Crippen molar-refractivity contribution in [3.8, 4) is 17.2 Å². The molecular weight excluding hydrogens is 558 g/mol. The Balaban J connectivity index is 0.000000468. The van der Waals surface area contributed by atoms with Gasteiger partial charge in [0.15, 0.2) is 0 Å². The average molecular weight is 604 g/mol. The van der Waals surface area contributed by atoms with Crippen LogP contribution in [0, 0.1) is 6.92 Å². The summed E-state index contributed by atoms with van der Waals surface area (Å²) in [6.07, 6.45) is 6.56. The molecule has 3 rings (SSSR count). The van der Waals surface area contributed by atoms with Crippen LogP contribution in [0.4, 0.5) is 5.69 Å². The number of nitrogen functional groups attached to an aromatic ring is 1. The number of aryl methyl sites for hydroxylation is 2. The number of hydrogen-bond acceptors (Lipinski definition) is 9. The summed E-state index contributed by atoms with van der Waals surface area (Å²) in [4.78, 5) is 0.0756. The monoisotopic (exact) mass is 603 g/mol. The largest absolute Gasteiger partial charge is 0.508 e. The number of aliphatic hydroxyl groups excluding tert-OH is 1. The highest BCUT2D eigenvalue weighted by Crippen LogP contribution is 2.22. The van der Waals surface area contributed by atoms with Gasteiger partial charge in [-0.15, -0.1) is 0 Å². The van der Waals surface area contributed by atoms with E-state index < -0.39 is 16.1 Å². The number of aliphatic hydroxyl groups is 1. The molecule has 11 heteroatoms. The van der Waals surface area contributed by atoms with Crippen LogP contribution in [0.15, 0.2) is 65.6 Å². The molecule has 0 bridgehead atoms.